The zero-order valence-electron chi connectivity index (χ0n) is 17.0. The molecule has 2 aromatic carbocycles. The molecule has 0 atom stereocenters. The fourth-order valence-electron chi connectivity index (χ4n) is 3.33. The van der Waals surface area contributed by atoms with Crippen LogP contribution in [0.3, 0.4) is 0 Å². The third-order valence-electron chi connectivity index (χ3n) is 4.71. The summed E-state index contributed by atoms with van der Waals surface area (Å²) in [5, 5.41) is 5.55. The second-order valence-electron chi connectivity index (χ2n) is 7.23. The molecule has 0 radical (unpaired) electrons. The van der Waals surface area contributed by atoms with Crippen LogP contribution in [0.4, 0.5) is 5.69 Å². The Morgan fingerprint density at radius 1 is 0.897 bits per heavy atom. The summed E-state index contributed by atoms with van der Waals surface area (Å²) < 4.78 is 5.80. The van der Waals surface area contributed by atoms with Gasteiger partial charge in [0, 0.05) is 24.1 Å². The van der Waals surface area contributed by atoms with Gasteiger partial charge in [-0.25, -0.2) is 0 Å². The van der Waals surface area contributed by atoms with Crippen molar-refractivity contribution in [3.63, 3.8) is 0 Å². The summed E-state index contributed by atoms with van der Waals surface area (Å²) in [6.07, 6.45) is 0.744. The van der Waals surface area contributed by atoms with E-state index in [0.29, 0.717) is 6.42 Å². The van der Waals surface area contributed by atoms with Crippen LogP contribution in [-0.4, -0.2) is 18.4 Å². The Kier molecular flexibility index (Phi) is 6.50. The van der Waals surface area contributed by atoms with E-state index in [1.165, 1.54) is 0 Å². The number of nitrogens with one attached hydrogen (secondary N) is 2. The van der Waals surface area contributed by atoms with Crippen LogP contribution in [0.1, 0.15) is 28.9 Å². The molecule has 0 fully saturated rings. The van der Waals surface area contributed by atoms with Crippen molar-refractivity contribution in [2.24, 2.45) is 0 Å². The third-order valence-corrected chi connectivity index (χ3v) is 4.71. The van der Waals surface area contributed by atoms with Gasteiger partial charge < -0.3 is 15.1 Å². The SMILES string of the molecule is Cc1cc(C)c(NC(=O)CNC(=O)CCc2ccc(-c3ccccc3)o2)c(C)c1. The van der Waals surface area contributed by atoms with E-state index in [1.807, 2.05) is 75.4 Å². The van der Waals surface area contributed by atoms with E-state index in [9.17, 15) is 9.59 Å². The minimum absolute atomic E-state index is 0.0565. The highest BCUT2D eigenvalue weighted by molar-refractivity contribution is 5.95. The van der Waals surface area contributed by atoms with Crippen molar-refractivity contribution < 1.29 is 14.0 Å². The molecule has 0 aliphatic carbocycles. The van der Waals surface area contributed by atoms with E-state index in [2.05, 4.69) is 10.6 Å². The second-order valence-corrected chi connectivity index (χ2v) is 7.23. The van der Waals surface area contributed by atoms with Gasteiger partial charge in [-0.2, -0.15) is 0 Å². The number of hydrogen-bond acceptors (Lipinski definition) is 3. The predicted molar refractivity (Wildman–Crippen MR) is 115 cm³/mol. The second kappa shape index (κ2) is 9.24. The molecule has 150 valence electrons. The molecule has 2 N–H and O–H groups in total. The summed E-state index contributed by atoms with van der Waals surface area (Å²) in [6, 6.07) is 17.6. The average molecular weight is 390 g/mol. The summed E-state index contributed by atoms with van der Waals surface area (Å²) >= 11 is 0. The molecular weight excluding hydrogens is 364 g/mol. The first-order chi connectivity index (χ1) is 13.9. The molecule has 0 bridgehead atoms. The number of furan rings is 1. The molecule has 29 heavy (non-hydrogen) atoms. The maximum Gasteiger partial charge on any atom is 0.243 e. The van der Waals surface area contributed by atoms with Crippen molar-refractivity contribution >= 4 is 17.5 Å². The van der Waals surface area contributed by atoms with Gasteiger partial charge in [0.1, 0.15) is 11.5 Å². The molecule has 0 unspecified atom stereocenters. The van der Waals surface area contributed by atoms with Crippen molar-refractivity contribution in [2.75, 3.05) is 11.9 Å². The highest BCUT2D eigenvalue weighted by atomic mass is 16.3. The van der Waals surface area contributed by atoms with Gasteiger partial charge in [0.2, 0.25) is 11.8 Å². The molecule has 5 nitrogen and oxygen atoms in total. The number of benzene rings is 2. The van der Waals surface area contributed by atoms with Gasteiger partial charge in [-0.15, -0.1) is 0 Å². The maximum atomic E-state index is 12.2. The van der Waals surface area contributed by atoms with E-state index in [-0.39, 0.29) is 24.8 Å². The highest BCUT2D eigenvalue weighted by Crippen LogP contribution is 2.23. The van der Waals surface area contributed by atoms with E-state index in [0.717, 1.165) is 39.5 Å². The lowest BCUT2D eigenvalue weighted by Crippen LogP contribution is -2.33. The normalized spacial score (nSPS) is 10.6. The number of anilines is 1. The van der Waals surface area contributed by atoms with Crippen LogP contribution in [0.5, 0.6) is 0 Å². The molecule has 0 spiro atoms. The zero-order chi connectivity index (χ0) is 20.8. The first-order valence-corrected chi connectivity index (χ1v) is 9.71. The number of hydrogen-bond donors (Lipinski definition) is 2. The first-order valence-electron chi connectivity index (χ1n) is 9.71. The quantitative estimate of drug-likeness (QED) is 0.621. The molecule has 0 saturated carbocycles. The molecule has 3 rings (SSSR count). The Bertz CT molecular complexity index is 983. The van der Waals surface area contributed by atoms with Crippen molar-refractivity contribution in [2.45, 2.75) is 33.6 Å². The molecule has 5 heteroatoms. The molecule has 3 aromatic rings. The van der Waals surface area contributed by atoms with Crippen LogP contribution >= 0.6 is 0 Å². The molecule has 1 heterocycles. The van der Waals surface area contributed by atoms with Gasteiger partial charge in [-0.1, -0.05) is 48.0 Å². The Morgan fingerprint density at radius 2 is 1.59 bits per heavy atom. The maximum absolute atomic E-state index is 12.2. The lowest BCUT2D eigenvalue weighted by molar-refractivity contribution is -0.124. The predicted octanol–water partition coefficient (Wildman–Crippen LogP) is 4.56. The standard InChI is InChI=1S/C24H26N2O3/c1-16-13-17(2)24(18(3)14-16)26-23(28)15-25-22(27)12-10-20-9-11-21(29-20)19-7-5-4-6-8-19/h4-9,11,13-14H,10,12,15H2,1-3H3,(H,25,27)(H,26,28). The Labute approximate surface area is 171 Å². The summed E-state index contributed by atoms with van der Waals surface area (Å²) in [6.45, 7) is 5.88. The van der Waals surface area contributed by atoms with Gasteiger partial charge in [0.05, 0.1) is 6.54 Å². The minimum atomic E-state index is -0.238. The molecule has 0 aliphatic rings. The molecule has 2 amide bonds. The summed E-state index contributed by atoms with van der Waals surface area (Å²) in [4.78, 5) is 24.3. The van der Waals surface area contributed by atoms with E-state index in [1.54, 1.807) is 0 Å². The van der Waals surface area contributed by atoms with Crippen LogP contribution in [0, 0.1) is 20.8 Å². The van der Waals surface area contributed by atoms with Gasteiger partial charge in [-0.05, 0) is 44.0 Å². The molecule has 0 aliphatic heterocycles. The van der Waals surface area contributed by atoms with E-state index < -0.39 is 0 Å². The van der Waals surface area contributed by atoms with Crippen molar-refractivity contribution in [1.82, 2.24) is 5.32 Å². The van der Waals surface area contributed by atoms with Crippen LogP contribution in [0.2, 0.25) is 0 Å². The third kappa shape index (κ3) is 5.57. The number of rotatable bonds is 7. The number of carbonyl (C=O) groups excluding carboxylic acids is 2. The van der Waals surface area contributed by atoms with Gasteiger partial charge >= 0.3 is 0 Å². The Hall–Kier alpha value is -3.34. The number of amides is 2. The van der Waals surface area contributed by atoms with Crippen molar-refractivity contribution in [3.05, 3.63) is 77.0 Å². The van der Waals surface area contributed by atoms with Crippen LogP contribution < -0.4 is 10.6 Å². The molecule has 1 aromatic heterocycles. The lowest BCUT2D eigenvalue weighted by Gasteiger charge is -2.13. The average Bonchev–Trinajstić information content (AvgIpc) is 3.17. The van der Waals surface area contributed by atoms with Crippen molar-refractivity contribution in [3.8, 4) is 11.3 Å². The van der Waals surface area contributed by atoms with Crippen molar-refractivity contribution in [1.29, 1.82) is 0 Å². The minimum Gasteiger partial charge on any atom is -0.461 e. The fourth-order valence-corrected chi connectivity index (χ4v) is 3.33. The largest absolute Gasteiger partial charge is 0.461 e. The zero-order valence-corrected chi connectivity index (χ0v) is 17.0. The summed E-state index contributed by atoms with van der Waals surface area (Å²) in [5.74, 6) is 1.10. The molecular formula is C24H26N2O3. The van der Waals surface area contributed by atoms with Crippen LogP contribution in [0.25, 0.3) is 11.3 Å². The fraction of sp³-hybridized carbons (Fsp3) is 0.250. The van der Waals surface area contributed by atoms with Crippen LogP contribution in [-0.2, 0) is 16.0 Å². The monoisotopic (exact) mass is 390 g/mol. The Morgan fingerprint density at radius 3 is 2.28 bits per heavy atom. The lowest BCUT2D eigenvalue weighted by atomic mass is 10.1. The summed E-state index contributed by atoms with van der Waals surface area (Å²) in [7, 11) is 0. The number of carbonyl (C=O) groups is 2. The summed E-state index contributed by atoms with van der Waals surface area (Å²) in [5.41, 5.74) is 4.98. The van der Waals surface area contributed by atoms with Gasteiger partial charge in [0.15, 0.2) is 0 Å². The number of aryl methyl sites for hydroxylation is 4. The van der Waals surface area contributed by atoms with Crippen LogP contribution in [0.15, 0.2) is 59.0 Å². The van der Waals surface area contributed by atoms with Gasteiger partial charge in [0.25, 0.3) is 0 Å². The Balaban J connectivity index is 1.46. The van der Waals surface area contributed by atoms with Gasteiger partial charge in [-0.3, -0.25) is 9.59 Å². The highest BCUT2D eigenvalue weighted by Gasteiger charge is 2.11. The first kappa shape index (κ1) is 20.4. The molecule has 0 saturated heterocycles. The topological polar surface area (TPSA) is 71.3 Å². The van der Waals surface area contributed by atoms with E-state index >= 15 is 0 Å². The van der Waals surface area contributed by atoms with E-state index in [4.69, 9.17) is 4.42 Å². The smallest absolute Gasteiger partial charge is 0.243 e.